The van der Waals surface area contributed by atoms with Gasteiger partial charge in [0.1, 0.15) is 0 Å². The molecule has 0 aliphatic carbocycles. The van der Waals surface area contributed by atoms with Crippen molar-refractivity contribution >= 4 is 22.8 Å². The highest BCUT2D eigenvalue weighted by atomic mass is 16.6. The molecule has 1 aliphatic rings. The van der Waals surface area contributed by atoms with Gasteiger partial charge in [0.25, 0.3) is 0 Å². The van der Waals surface area contributed by atoms with Crippen LogP contribution in [-0.2, 0) is 16.0 Å². The molecule has 26 heavy (non-hydrogen) atoms. The molecule has 2 aromatic carbocycles. The monoisotopic (exact) mass is 354 g/mol. The van der Waals surface area contributed by atoms with Crippen LogP contribution in [-0.4, -0.2) is 54.6 Å². The number of rotatable bonds is 4. The molecule has 5 heteroatoms. The average molecular weight is 354 g/mol. The van der Waals surface area contributed by atoms with Gasteiger partial charge in [-0.2, -0.15) is 0 Å². The number of carbonyl (C=O) groups is 2. The Bertz CT molecular complexity index is 780. The molecule has 1 saturated heterocycles. The van der Waals surface area contributed by atoms with Gasteiger partial charge in [-0.15, -0.1) is 0 Å². The second-order valence-electron chi connectivity index (χ2n) is 7.20. The fourth-order valence-electron chi connectivity index (χ4n) is 3.10. The van der Waals surface area contributed by atoms with E-state index in [1.54, 1.807) is 4.90 Å². The zero-order valence-electron chi connectivity index (χ0n) is 15.5. The van der Waals surface area contributed by atoms with Gasteiger partial charge in [0, 0.05) is 26.2 Å². The van der Waals surface area contributed by atoms with Crippen molar-refractivity contribution in [2.24, 2.45) is 5.92 Å². The lowest BCUT2D eigenvalue weighted by atomic mass is 10.0. The number of carbonyl (C=O) groups excluding carboxylic acids is 2. The summed E-state index contributed by atoms with van der Waals surface area (Å²) in [5, 5.41) is 2.33. The van der Waals surface area contributed by atoms with Gasteiger partial charge < -0.3 is 14.5 Å². The van der Waals surface area contributed by atoms with Crippen molar-refractivity contribution in [1.29, 1.82) is 0 Å². The largest absolute Gasteiger partial charge is 0.449 e. The fraction of sp³-hybridized carbons (Fsp3) is 0.429. The maximum Gasteiger partial charge on any atom is 0.409 e. The highest BCUT2D eigenvalue weighted by Crippen LogP contribution is 2.17. The minimum Gasteiger partial charge on any atom is -0.449 e. The van der Waals surface area contributed by atoms with Gasteiger partial charge in [-0.3, -0.25) is 4.79 Å². The van der Waals surface area contributed by atoms with Crippen LogP contribution in [0.3, 0.4) is 0 Å². The number of ether oxygens (including phenoxy) is 1. The molecule has 0 saturated carbocycles. The molecule has 0 spiro atoms. The minimum atomic E-state index is -0.277. The summed E-state index contributed by atoms with van der Waals surface area (Å²) >= 11 is 0. The number of benzene rings is 2. The molecule has 2 amide bonds. The molecule has 0 aromatic heterocycles. The van der Waals surface area contributed by atoms with Crippen molar-refractivity contribution in [3.05, 3.63) is 48.0 Å². The summed E-state index contributed by atoms with van der Waals surface area (Å²) in [7, 11) is 0. The highest BCUT2D eigenvalue weighted by molar-refractivity contribution is 5.85. The van der Waals surface area contributed by atoms with E-state index < -0.39 is 0 Å². The molecule has 1 aliphatic heterocycles. The van der Waals surface area contributed by atoms with Crippen molar-refractivity contribution in [3.8, 4) is 0 Å². The van der Waals surface area contributed by atoms with E-state index in [0.29, 0.717) is 45.1 Å². The summed E-state index contributed by atoms with van der Waals surface area (Å²) in [5.41, 5.74) is 1.02. The minimum absolute atomic E-state index is 0.107. The molecule has 1 fully saturated rings. The first kappa shape index (κ1) is 18.2. The molecular weight excluding hydrogens is 328 g/mol. The Morgan fingerprint density at radius 3 is 2.31 bits per heavy atom. The van der Waals surface area contributed by atoms with E-state index in [4.69, 9.17) is 4.74 Å². The molecule has 3 rings (SSSR count). The first-order valence-electron chi connectivity index (χ1n) is 9.20. The van der Waals surface area contributed by atoms with E-state index >= 15 is 0 Å². The number of piperazine rings is 1. The molecule has 5 nitrogen and oxygen atoms in total. The standard InChI is InChI=1S/C21H26N2O3/c1-16(2)15-26-21(25)23-11-9-22(10-12-23)20(24)14-17-7-8-18-5-3-4-6-19(18)13-17/h3-8,13,16H,9-12,14-15H2,1-2H3. The summed E-state index contributed by atoms with van der Waals surface area (Å²) in [4.78, 5) is 28.1. The maximum absolute atomic E-state index is 12.6. The van der Waals surface area contributed by atoms with Crippen molar-refractivity contribution < 1.29 is 14.3 Å². The Morgan fingerprint density at radius 1 is 0.962 bits per heavy atom. The van der Waals surface area contributed by atoms with Crippen LogP contribution in [0.4, 0.5) is 4.79 Å². The summed E-state index contributed by atoms with van der Waals surface area (Å²) in [6, 6.07) is 14.3. The van der Waals surface area contributed by atoms with Gasteiger partial charge >= 0.3 is 6.09 Å². The lowest BCUT2D eigenvalue weighted by Crippen LogP contribution is -2.51. The molecule has 2 aromatic rings. The normalized spacial score (nSPS) is 14.7. The Morgan fingerprint density at radius 2 is 1.62 bits per heavy atom. The fourth-order valence-corrected chi connectivity index (χ4v) is 3.10. The highest BCUT2D eigenvalue weighted by Gasteiger charge is 2.25. The molecule has 1 heterocycles. The van der Waals surface area contributed by atoms with E-state index in [0.717, 1.165) is 10.9 Å². The molecule has 0 atom stereocenters. The predicted octanol–water partition coefficient (Wildman–Crippen LogP) is 3.32. The first-order valence-corrected chi connectivity index (χ1v) is 9.20. The first-order chi connectivity index (χ1) is 12.5. The summed E-state index contributed by atoms with van der Waals surface area (Å²) in [5.74, 6) is 0.430. The Kier molecular flexibility index (Phi) is 5.76. The second kappa shape index (κ2) is 8.21. The van der Waals surface area contributed by atoms with E-state index in [2.05, 4.69) is 24.3 Å². The van der Waals surface area contributed by atoms with Gasteiger partial charge in [0.15, 0.2) is 0 Å². The van der Waals surface area contributed by atoms with Crippen LogP contribution in [0.25, 0.3) is 10.8 Å². The SMILES string of the molecule is CC(C)COC(=O)N1CCN(C(=O)Cc2ccc3ccccc3c2)CC1. The predicted molar refractivity (Wildman–Crippen MR) is 102 cm³/mol. The van der Waals surface area contributed by atoms with Crippen LogP contribution in [0.1, 0.15) is 19.4 Å². The van der Waals surface area contributed by atoms with Gasteiger partial charge in [0.05, 0.1) is 13.0 Å². The van der Waals surface area contributed by atoms with E-state index in [1.807, 2.05) is 36.9 Å². The third kappa shape index (κ3) is 4.54. The Hall–Kier alpha value is -2.56. The topological polar surface area (TPSA) is 49.9 Å². The van der Waals surface area contributed by atoms with Crippen LogP contribution >= 0.6 is 0 Å². The Labute approximate surface area is 154 Å². The maximum atomic E-state index is 12.6. The van der Waals surface area contributed by atoms with Gasteiger partial charge in [0.2, 0.25) is 5.91 Å². The van der Waals surface area contributed by atoms with Crippen LogP contribution in [0.15, 0.2) is 42.5 Å². The average Bonchev–Trinajstić information content (AvgIpc) is 2.66. The molecule has 0 bridgehead atoms. The van der Waals surface area contributed by atoms with Crippen molar-refractivity contribution in [2.45, 2.75) is 20.3 Å². The van der Waals surface area contributed by atoms with Crippen molar-refractivity contribution in [2.75, 3.05) is 32.8 Å². The molecule has 0 radical (unpaired) electrons. The van der Waals surface area contributed by atoms with Gasteiger partial charge in [-0.05, 0) is 22.3 Å². The molecule has 0 unspecified atom stereocenters. The smallest absolute Gasteiger partial charge is 0.409 e. The second-order valence-corrected chi connectivity index (χ2v) is 7.20. The Balaban J connectivity index is 1.52. The van der Waals surface area contributed by atoms with E-state index in [9.17, 15) is 9.59 Å². The van der Waals surface area contributed by atoms with Gasteiger partial charge in [-0.25, -0.2) is 4.79 Å². The third-order valence-electron chi connectivity index (χ3n) is 4.60. The van der Waals surface area contributed by atoms with Crippen molar-refractivity contribution in [3.63, 3.8) is 0 Å². The number of fused-ring (bicyclic) bond motifs is 1. The van der Waals surface area contributed by atoms with E-state index in [-0.39, 0.29) is 12.0 Å². The number of nitrogens with zero attached hydrogens (tertiary/aromatic N) is 2. The number of hydrogen-bond acceptors (Lipinski definition) is 3. The summed E-state index contributed by atoms with van der Waals surface area (Å²) in [6.07, 6.45) is 0.114. The lowest BCUT2D eigenvalue weighted by Gasteiger charge is -2.34. The van der Waals surface area contributed by atoms with Gasteiger partial charge in [-0.1, -0.05) is 56.3 Å². The summed E-state index contributed by atoms with van der Waals surface area (Å²) < 4.78 is 5.26. The van der Waals surface area contributed by atoms with Crippen LogP contribution in [0.5, 0.6) is 0 Å². The third-order valence-corrected chi connectivity index (χ3v) is 4.60. The molecule has 138 valence electrons. The zero-order chi connectivity index (χ0) is 18.5. The van der Waals surface area contributed by atoms with Crippen LogP contribution in [0.2, 0.25) is 0 Å². The van der Waals surface area contributed by atoms with Crippen LogP contribution in [0, 0.1) is 5.92 Å². The van der Waals surface area contributed by atoms with Crippen LogP contribution < -0.4 is 0 Å². The number of amides is 2. The van der Waals surface area contributed by atoms with E-state index in [1.165, 1.54) is 5.39 Å². The molecule has 0 N–H and O–H groups in total. The lowest BCUT2D eigenvalue weighted by molar-refractivity contribution is -0.132. The zero-order valence-corrected chi connectivity index (χ0v) is 15.5. The molecular formula is C21H26N2O3. The quantitative estimate of drug-likeness (QED) is 0.846. The van der Waals surface area contributed by atoms with Crippen molar-refractivity contribution in [1.82, 2.24) is 9.80 Å². The number of hydrogen-bond donors (Lipinski definition) is 0. The summed E-state index contributed by atoms with van der Waals surface area (Å²) in [6.45, 7) is 6.63.